The van der Waals surface area contributed by atoms with Crippen LogP contribution in [0.25, 0.3) is 0 Å². The van der Waals surface area contributed by atoms with Crippen molar-refractivity contribution < 1.29 is 4.79 Å². The molecule has 0 radical (unpaired) electrons. The Kier molecular flexibility index (Phi) is 5.48. The summed E-state index contributed by atoms with van der Waals surface area (Å²) in [5.74, 6) is -0.0828. The van der Waals surface area contributed by atoms with Crippen molar-refractivity contribution in [1.29, 1.82) is 0 Å². The first-order valence-corrected chi connectivity index (χ1v) is 7.74. The van der Waals surface area contributed by atoms with Crippen LogP contribution in [0, 0.1) is 6.92 Å². The normalized spacial score (nSPS) is 11.4. The molecule has 0 fully saturated rings. The highest BCUT2D eigenvalue weighted by Gasteiger charge is 2.24. The first-order chi connectivity index (χ1) is 7.91. The Hall–Kier alpha value is -0.0600. The molecule has 0 saturated heterocycles. The number of hydrogen-bond donors (Lipinski definition) is 1. The second kappa shape index (κ2) is 6.21. The van der Waals surface area contributed by atoms with Gasteiger partial charge in [-0.2, -0.15) is 0 Å². The summed E-state index contributed by atoms with van der Waals surface area (Å²) in [6.07, 6.45) is 0. The summed E-state index contributed by atoms with van der Waals surface area (Å²) in [5.41, 5.74) is 1.23. The summed E-state index contributed by atoms with van der Waals surface area (Å²) in [5, 5.41) is 5.00. The molecule has 1 N–H and O–H groups in total. The largest absolute Gasteiger partial charge is 0.345 e. The van der Waals surface area contributed by atoms with Gasteiger partial charge >= 0.3 is 0 Å². The average molecular weight is 384 g/mol. The SMILES string of the molecule is Cc1cc(Cl)ccc1C(=O)NC(C)(CBr)CBr. The lowest BCUT2D eigenvalue weighted by atomic mass is 10.0. The summed E-state index contributed by atoms with van der Waals surface area (Å²) >= 11 is 12.7. The molecule has 0 aliphatic rings. The number of alkyl halides is 2. The maximum absolute atomic E-state index is 12.1. The Balaban J connectivity index is 2.90. The van der Waals surface area contributed by atoms with Crippen molar-refractivity contribution in [3.05, 3.63) is 34.3 Å². The predicted molar refractivity (Wildman–Crippen MR) is 79.6 cm³/mol. The molecule has 0 bridgehead atoms. The number of rotatable bonds is 4. The van der Waals surface area contributed by atoms with Crippen LogP contribution < -0.4 is 5.32 Å². The zero-order valence-electron chi connectivity index (χ0n) is 9.69. The number of benzene rings is 1. The fourth-order valence-electron chi connectivity index (χ4n) is 1.33. The molecule has 17 heavy (non-hydrogen) atoms. The minimum absolute atomic E-state index is 0.0828. The molecule has 0 aliphatic carbocycles. The van der Waals surface area contributed by atoms with Crippen LogP contribution in [0.2, 0.25) is 5.02 Å². The van der Waals surface area contributed by atoms with E-state index in [0.717, 1.165) is 5.56 Å². The number of hydrogen-bond acceptors (Lipinski definition) is 1. The average Bonchev–Trinajstić information content (AvgIpc) is 2.28. The van der Waals surface area contributed by atoms with Crippen molar-refractivity contribution in [2.75, 3.05) is 10.7 Å². The van der Waals surface area contributed by atoms with Gasteiger partial charge in [-0.15, -0.1) is 0 Å². The molecule has 0 saturated carbocycles. The van der Waals surface area contributed by atoms with E-state index in [1.165, 1.54) is 0 Å². The van der Waals surface area contributed by atoms with Gasteiger partial charge in [0.15, 0.2) is 0 Å². The zero-order valence-corrected chi connectivity index (χ0v) is 13.6. The minimum atomic E-state index is -0.302. The fourth-order valence-corrected chi connectivity index (χ4v) is 2.76. The van der Waals surface area contributed by atoms with Crippen LogP contribution in [0.3, 0.4) is 0 Å². The highest BCUT2D eigenvalue weighted by Crippen LogP contribution is 2.17. The molecular weight excluding hydrogens is 369 g/mol. The molecule has 0 spiro atoms. The molecule has 1 aromatic rings. The van der Waals surface area contributed by atoms with E-state index in [-0.39, 0.29) is 11.4 Å². The van der Waals surface area contributed by atoms with Crippen LogP contribution in [-0.2, 0) is 0 Å². The highest BCUT2D eigenvalue weighted by molar-refractivity contribution is 9.09. The van der Waals surface area contributed by atoms with E-state index >= 15 is 0 Å². The van der Waals surface area contributed by atoms with Crippen LogP contribution in [-0.4, -0.2) is 22.1 Å². The number of aryl methyl sites for hydroxylation is 1. The van der Waals surface area contributed by atoms with E-state index in [4.69, 9.17) is 11.6 Å². The van der Waals surface area contributed by atoms with Crippen molar-refractivity contribution in [2.24, 2.45) is 0 Å². The lowest BCUT2D eigenvalue weighted by molar-refractivity contribution is 0.0922. The standard InChI is InChI=1S/C12H14Br2ClNO/c1-8-5-9(15)3-4-10(8)11(17)16-12(2,6-13)7-14/h3-5H,6-7H2,1-2H3,(H,16,17). The van der Waals surface area contributed by atoms with Gasteiger partial charge in [0.2, 0.25) is 0 Å². The van der Waals surface area contributed by atoms with Crippen molar-refractivity contribution >= 4 is 49.4 Å². The van der Waals surface area contributed by atoms with Gasteiger partial charge in [0, 0.05) is 21.2 Å². The molecule has 0 aromatic heterocycles. The molecule has 0 heterocycles. The van der Waals surface area contributed by atoms with Crippen LogP contribution >= 0.6 is 43.5 Å². The molecule has 5 heteroatoms. The van der Waals surface area contributed by atoms with Gasteiger partial charge in [-0.1, -0.05) is 43.5 Å². The van der Waals surface area contributed by atoms with Gasteiger partial charge in [-0.05, 0) is 37.6 Å². The van der Waals surface area contributed by atoms with Gasteiger partial charge in [0.25, 0.3) is 5.91 Å². The number of carbonyl (C=O) groups excluding carboxylic acids is 1. The van der Waals surface area contributed by atoms with Crippen molar-refractivity contribution in [1.82, 2.24) is 5.32 Å². The number of halogens is 3. The van der Waals surface area contributed by atoms with E-state index in [0.29, 0.717) is 21.2 Å². The molecule has 0 atom stereocenters. The van der Waals surface area contributed by atoms with E-state index in [2.05, 4.69) is 37.2 Å². The van der Waals surface area contributed by atoms with E-state index in [1.54, 1.807) is 18.2 Å². The summed E-state index contributed by atoms with van der Waals surface area (Å²) in [7, 11) is 0. The highest BCUT2D eigenvalue weighted by atomic mass is 79.9. The summed E-state index contributed by atoms with van der Waals surface area (Å²) in [6, 6.07) is 5.26. The van der Waals surface area contributed by atoms with Gasteiger partial charge in [-0.25, -0.2) is 0 Å². The van der Waals surface area contributed by atoms with Gasteiger partial charge in [0.1, 0.15) is 0 Å². The van der Waals surface area contributed by atoms with Gasteiger partial charge in [0.05, 0.1) is 5.54 Å². The molecule has 0 unspecified atom stereocenters. The topological polar surface area (TPSA) is 29.1 Å². The molecule has 1 amide bonds. The third kappa shape index (κ3) is 3.97. The first-order valence-electron chi connectivity index (χ1n) is 5.12. The number of nitrogens with one attached hydrogen (secondary N) is 1. The van der Waals surface area contributed by atoms with Crippen molar-refractivity contribution in [3.63, 3.8) is 0 Å². The van der Waals surface area contributed by atoms with Gasteiger partial charge in [-0.3, -0.25) is 4.79 Å². The molecule has 0 aliphatic heterocycles. The van der Waals surface area contributed by atoms with E-state index < -0.39 is 0 Å². The van der Waals surface area contributed by atoms with Gasteiger partial charge < -0.3 is 5.32 Å². The second-order valence-electron chi connectivity index (χ2n) is 4.24. The molecule has 2 nitrogen and oxygen atoms in total. The van der Waals surface area contributed by atoms with Crippen molar-refractivity contribution in [2.45, 2.75) is 19.4 Å². The fraction of sp³-hybridized carbons (Fsp3) is 0.417. The quantitative estimate of drug-likeness (QED) is 0.785. The predicted octanol–water partition coefficient (Wildman–Crippen LogP) is 3.93. The Morgan fingerprint density at radius 3 is 2.47 bits per heavy atom. The van der Waals surface area contributed by atoms with Crippen molar-refractivity contribution in [3.8, 4) is 0 Å². The summed E-state index contributed by atoms with van der Waals surface area (Å²) < 4.78 is 0. The van der Waals surface area contributed by atoms with Crippen LogP contribution in [0.5, 0.6) is 0 Å². The van der Waals surface area contributed by atoms with Crippen LogP contribution in [0.15, 0.2) is 18.2 Å². The smallest absolute Gasteiger partial charge is 0.252 e. The van der Waals surface area contributed by atoms with Crippen LogP contribution in [0.4, 0.5) is 0 Å². The lowest BCUT2D eigenvalue weighted by Gasteiger charge is -2.26. The summed E-state index contributed by atoms with van der Waals surface area (Å²) in [4.78, 5) is 12.1. The Bertz CT molecular complexity index is 419. The van der Waals surface area contributed by atoms with Crippen LogP contribution in [0.1, 0.15) is 22.8 Å². The maximum Gasteiger partial charge on any atom is 0.252 e. The maximum atomic E-state index is 12.1. The number of carbonyl (C=O) groups is 1. The lowest BCUT2D eigenvalue weighted by Crippen LogP contribution is -2.49. The zero-order chi connectivity index (χ0) is 13.1. The van der Waals surface area contributed by atoms with E-state index in [1.807, 2.05) is 13.8 Å². The monoisotopic (exact) mass is 381 g/mol. The Morgan fingerprint density at radius 1 is 1.41 bits per heavy atom. The first kappa shape index (κ1) is 15.0. The third-order valence-corrected chi connectivity index (χ3v) is 5.15. The molecule has 1 rings (SSSR count). The Morgan fingerprint density at radius 2 is 2.00 bits per heavy atom. The molecular formula is C12H14Br2ClNO. The molecule has 94 valence electrons. The minimum Gasteiger partial charge on any atom is -0.345 e. The second-order valence-corrected chi connectivity index (χ2v) is 5.80. The molecule has 1 aromatic carbocycles. The summed E-state index contributed by atoms with van der Waals surface area (Å²) in [6.45, 7) is 3.85. The van der Waals surface area contributed by atoms with E-state index in [9.17, 15) is 4.79 Å². The third-order valence-electron chi connectivity index (χ3n) is 2.44. The number of amides is 1. The Labute approximate surface area is 123 Å².